The van der Waals surface area contributed by atoms with E-state index in [0.29, 0.717) is 0 Å². The van der Waals surface area contributed by atoms with E-state index in [1.807, 2.05) is 7.05 Å². The van der Waals surface area contributed by atoms with Crippen molar-refractivity contribution in [3.05, 3.63) is 17.0 Å². The minimum Gasteiger partial charge on any atom is -0.341 e. The molecule has 2 heterocycles. The largest absolute Gasteiger partial charge is 0.341 e. The van der Waals surface area contributed by atoms with E-state index < -0.39 is 0 Å². The highest BCUT2D eigenvalue weighted by molar-refractivity contribution is 5.38. The standard InChI is InChI=1S/C16H26N4/c1-12-14-10-13(11-17-2)6-7-15(14)19-16(18-12)20-8-4-3-5-9-20/h13,17H,3-11H2,1-2H3. The number of aromatic nitrogens is 2. The molecular formula is C16H26N4. The topological polar surface area (TPSA) is 41.1 Å². The Hall–Kier alpha value is -1.16. The van der Waals surface area contributed by atoms with Crippen molar-refractivity contribution in [3.8, 4) is 0 Å². The van der Waals surface area contributed by atoms with Crippen molar-refractivity contribution in [3.63, 3.8) is 0 Å². The number of hydrogen-bond donors (Lipinski definition) is 1. The zero-order chi connectivity index (χ0) is 13.9. The summed E-state index contributed by atoms with van der Waals surface area (Å²) in [4.78, 5) is 12.1. The molecule has 110 valence electrons. The highest BCUT2D eigenvalue weighted by Gasteiger charge is 2.24. The number of anilines is 1. The van der Waals surface area contributed by atoms with Gasteiger partial charge in [-0.15, -0.1) is 0 Å². The molecule has 0 spiro atoms. The molecule has 1 fully saturated rings. The molecule has 0 aromatic carbocycles. The zero-order valence-corrected chi connectivity index (χ0v) is 12.8. The zero-order valence-electron chi connectivity index (χ0n) is 12.8. The average Bonchev–Trinajstić information content (AvgIpc) is 2.49. The molecule has 0 bridgehead atoms. The molecule has 1 atom stereocenters. The van der Waals surface area contributed by atoms with Crippen LogP contribution in [0.3, 0.4) is 0 Å². The Labute approximate surface area is 122 Å². The summed E-state index contributed by atoms with van der Waals surface area (Å²) in [6.45, 7) is 5.52. The van der Waals surface area contributed by atoms with E-state index in [0.717, 1.165) is 44.3 Å². The van der Waals surface area contributed by atoms with Crippen LogP contribution in [-0.4, -0.2) is 36.6 Å². The van der Waals surface area contributed by atoms with Crippen LogP contribution in [0.1, 0.15) is 42.6 Å². The van der Waals surface area contributed by atoms with Crippen LogP contribution in [-0.2, 0) is 12.8 Å². The lowest BCUT2D eigenvalue weighted by Crippen LogP contribution is -2.32. The van der Waals surface area contributed by atoms with Crippen LogP contribution in [0, 0.1) is 12.8 Å². The van der Waals surface area contributed by atoms with E-state index in [-0.39, 0.29) is 0 Å². The first kappa shape index (κ1) is 13.8. The molecule has 1 aromatic heterocycles. The third-order valence-electron chi connectivity index (χ3n) is 4.70. The van der Waals surface area contributed by atoms with Crippen molar-refractivity contribution in [2.24, 2.45) is 5.92 Å². The maximum Gasteiger partial charge on any atom is 0.225 e. The minimum atomic E-state index is 0.746. The van der Waals surface area contributed by atoms with Gasteiger partial charge in [-0.2, -0.15) is 0 Å². The van der Waals surface area contributed by atoms with Crippen LogP contribution in [0.25, 0.3) is 0 Å². The van der Waals surface area contributed by atoms with Gasteiger partial charge in [0.05, 0.1) is 0 Å². The maximum atomic E-state index is 4.89. The van der Waals surface area contributed by atoms with Crippen molar-refractivity contribution < 1.29 is 0 Å². The molecule has 1 aliphatic heterocycles. The fourth-order valence-electron chi connectivity index (χ4n) is 3.54. The van der Waals surface area contributed by atoms with Crippen LogP contribution in [0.4, 0.5) is 5.95 Å². The van der Waals surface area contributed by atoms with Gasteiger partial charge in [-0.05, 0) is 70.5 Å². The summed E-state index contributed by atoms with van der Waals surface area (Å²) in [5, 5.41) is 3.30. The summed E-state index contributed by atoms with van der Waals surface area (Å²) in [7, 11) is 2.04. The fraction of sp³-hybridized carbons (Fsp3) is 0.750. The van der Waals surface area contributed by atoms with Crippen molar-refractivity contribution in [2.75, 3.05) is 31.6 Å². The Morgan fingerprint density at radius 3 is 2.75 bits per heavy atom. The fourth-order valence-corrected chi connectivity index (χ4v) is 3.54. The van der Waals surface area contributed by atoms with Gasteiger partial charge in [-0.1, -0.05) is 0 Å². The molecule has 0 radical (unpaired) electrons. The summed E-state index contributed by atoms with van der Waals surface area (Å²) in [5.41, 5.74) is 3.93. The molecular weight excluding hydrogens is 248 g/mol. The van der Waals surface area contributed by atoms with Gasteiger partial charge in [-0.25, -0.2) is 9.97 Å². The van der Waals surface area contributed by atoms with Gasteiger partial charge in [0.2, 0.25) is 5.95 Å². The molecule has 1 N–H and O–H groups in total. The molecule has 1 unspecified atom stereocenters. The van der Waals surface area contributed by atoms with Crippen LogP contribution < -0.4 is 10.2 Å². The Kier molecular flexibility index (Phi) is 4.20. The molecule has 2 aliphatic rings. The summed E-state index contributed by atoms with van der Waals surface area (Å²) in [5.74, 6) is 1.73. The number of nitrogens with zero attached hydrogens (tertiary/aromatic N) is 3. The summed E-state index contributed by atoms with van der Waals surface area (Å²) in [6, 6.07) is 0. The Bertz CT molecular complexity index is 466. The number of nitrogens with one attached hydrogen (secondary N) is 1. The molecule has 0 amide bonds. The number of fused-ring (bicyclic) bond motifs is 1. The summed E-state index contributed by atoms with van der Waals surface area (Å²) < 4.78 is 0. The second-order valence-electron chi connectivity index (χ2n) is 6.25. The highest BCUT2D eigenvalue weighted by atomic mass is 15.3. The van der Waals surface area contributed by atoms with Gasteiger partial charge in [-0.3, -0.25) is 0 Å². The SMILES string of the molecule is CNCC1CCc2nc(N3CCCCC3)nc(C)c2C1. The van der Waals surface area contributed by atoms with E-state index in [4.69, 9.17) is 9.97 Å². The van der Waals surface area contributed by atoms with Crippen LogP contribution >= 0.6 is 0 Å². The number of rotatable bonds is 3. The lowest BCUT2D eigenvalue weighted by molar-refractivity contribution is 0.432. The third kappa shape index (κ3) is 2.80. The smallest absolute Gasteiger partial charge is 0.225 e. The van der Waals surface area contributed by atoms with Gasteiger partial charge in [0.1, 0.15) is 0 Å². The molecule has 1 aromatic rings. The minimum absolute atomic E-state index is 0.746. The second-order valence-corrected chi connectivity index (χ2v) is 6.25. The monoisotopic (exact) mass is 274 g/mol. The average molecular weight is 274 g/mol. The summed E-state index contributed by atoms with van der Waals surface area (Å²) in [6.07, 6.45) is 7.43. The van der Waals surface area contributed by atoms with Gasteiger partial charge in [0, 0.05) is 24.5 Å². The first-order valence-corrected chi connectivity index (χ1v) is 8.04. The molecule has 0 saturated carbocycles. The van der Waals surface area contributed by atoms with Crippen molar-refractivity contribution in [1.82, 2.24) is 15.3 Å². The lowest BCUT2D eigenvalue weighted by Gasteiger charge is -2.30. The van der Waals surface area contributed by atoms with Crippen molar-refractivity contribution >= 4 is 5.95 Å². The van der Waals surface area contributed by atoms with E-state index >= 15 is 0 Å². The van der Waals surface area contributed by atoms with Crippen molar-refractivity contribution in [2.45, 2.75) is 45.4 Å². The van der Waals surface area contributed by atoms with Crippen LogP contribution in [0.5, 0.6) is 0 Å². The van der Waals surface area contributed by atoms with Gasteiger partial charge < -0.3 is 10.2 Å². The Balaban J connectivity index is 1.82. The maximum absolute atomic E-state index is 4.89. The van der Waals surface area contributed by atoms with Crippen LogP contribution in [0.15, 0.2) is 0 Å². The van der Waals surface area contributed by atoms with E-state index in [1.54, 1.807) is 0 Å². The predicted molar refractivity (Wildman–Crippen MR) is 82.3 cm³/mol. The molecule has 1 saturated heterocycles. The van der Waals surface area contributed by atoms with E-state index in [2.05, 4.69) is 17.1 Å². The first-order chi connectivity index (χ1) is 9.78. The third-order valence-corrected chi connectivity index (χ3v) is 4.70. The Morgan fingerprint density at radius 2 is 2.00 bits per heavy atom. The van der Waals surface area contributed by atoms with Gasteiger partial charge >= 0.3 is 0 Å². The van der Waals surface area contributed by atoms with E-state index in [1.165, 1.54) is 42.6 Å². The lowest BCUT2D eigenvalue weighted by atomic mass is 9.86. The quantitative estimate of drug-likeness (QED) is 0.916. The van der Waals surface area contributed by atoms with E-state index in [9.17, 15) is 0 Å². The summed E-state index contributed by atoms with van der Waals surface area (Å²) >= 11 is 0. The number of piperidine rings is 1. The normalized spacial score (nSPS) is 22.7. The number of hydrogen-bond acceptors (Lipinski definition) is 4. The van der Waals surface area contributed by atoms with Crippen molar-refractivity contribution in [1.29, 1.82) is 0 Å². The first-order valence-electron chi connectivity index (χ1n) is 8.04. The molecule has 3 rings (SSSR count). The van der Waals surface area contributed by atoms with Gasteiger partial charge in [0.25, 0.3) is 0 Å². The highest BCUT2D eigenvalue weighted by Crippen LogP contribution is 2.28. The molecule has 20 heavy (non-hydrogen) atoms. The van der Waals surface area contributed by atoms with Crippen LogP contribution in [0.2, 0.25) is 0 Å². The molecule has 4 heteroatoms. The van der Waals surface area contributed by atoms with Gasteiger partial charge in [0.15, 0.2) is 0 Å². The second kappa shape index (κ2) is 6.08. The Morgan fingerprint density at radius 1 is 1.20 bits per heavy atom. The molecule has 1 aliphatic carbocycles. The number of aryl methyl sites for hydroxylation is 2. The molecule has 4 nitrogen and oxygen atoms in total. The predicted octanol–water partition coefficient (Wildman–Crippen LogP) is 2.10.